The van der Waals surface area contributed by atoms with Crippen molar-refractivity contribution in [2.45, 2.75) is 39.0 Å². The molecule has 1 fully saturated rings. The predicted octanol–water partition coefficient (Wildman–Crippen LogP) is 3.22. The summed E-state index contributed by atoms with van der Waals surface area (Å²) in [4.78, 5) is 2.49. The average Bonchev–Trinajstić information content (AvgIpc) is 2.89. The minimum Gasteiger partial charge on any atom is -0.387 e. The Hall–Kier alpha value is -1.35. The van der Waals surface area contributed by atoms with Gasteiger partial charge < -0.3 is 10.6 Å². The lowest BCUT2D eigenvalue weighted by atomic mass is 9.82. The zero-order chi connectivity index (χ0) is 14.6. The van der Waals surface area contributed by atoms with Crippen LogP contribution in [-0.2, 0) is 0 Å². The van der Waals surface area contributed by atoms with E-state index in [1.165, 1.54) is 19.3 Å². The van der Waals surface area contributed by atoms with E-state index in [1.807, 2.05) is 18.2 Å². The van der Waals surface area contributed by atoms with Crippen molar-refractivity contribution < 1.29 is 0 Å². The van der Waals surface area contributed by atoms with Crippen molar-refractivity contribution >= 4 is 5.84 Å². The van der Waals surface area contributed by atoms with Gasteiger partial charge in [0, 0.05) is 13.1 Å². The van der Waals surface area contributed by atoms with Crippen molar-refractivity contribution in [1.29, 1.82) is 5.41 Å². The SMILES string of the molecule is CCC1(CC)CCN(CC(C(=N)N)c2ccccc2)C1. The Morgan fingerprint density at radius 3 is 2.45 bits per heavy atom. The van der Waals surface area contributed by atoms with Crippen LogP contribution >= 0.6 is 0 Å². The van der Waals surface area contributed by atoms with Crippen LogP contribution in [0.5, 0.6) is 0 Å². The summed E-state index contributed by atoms with van der Waals surface area (Å²) in [6.45, 7) is 7.76. The standard InChI is InChI=1S/C17H27N3/c1-3-17(4-2)10-11-20(13-17)12-15(16(18)19)14-8-6-5-7-9-14/h5-9,15H,3-4,10-13H2,1-2H3,(H3,18,19). The first-order chi connectivity index (χ1) is 9.60. The van der Waals surface area contributed by atoms with Gasteiger partial charge in [0.15, 0.2) is 0 Å². The number of nitrogens with zero attached hydrogens (tertiary/aromatic N) is 1. The van der Waals surface area contributed by atoms with Gasteiger partial charge in [-0.1, -0.05) is 44.2 Å². The van der Waals surface area contributed by atoms with Gasteiger partial charge in [-0.05, 0) is 36.8 Å². The van der Waals surface area contributed by atoms with E-state index in [0.29, 0.717) is 5.41 Å². The minimum absolute atomic E-state index is 0.0284. The van der Waals surface area contributed by atoms with Gasteiger partial charge >= 0.3 is 0 Å². The summed E-state index contributed by atoms with van der Waals surface area (Å²) in [5.41, 5.74) is 7.48. The van der Waals surface area contributed by atoms with Crippen molar-refractivity contribution in [3.8, 4) is 0 Å². The van der Waals surface area contributed by atoms with Crippen LogP contribution in [0.15, 0.2) is 30.3 Å². The zero-order valence-electron chi connectivity index (χ0n) is 12.7. The molecule has 0 aliphatic carbocycles. The fraction of sp³-hybridized carbons (Fsp3) is 0.588. The molecule has 1 unspecified atom stereocenters. The van der Waals surface area contributed by atoms with E-state index in [2.05, 4.69) is 30.9 Å². The quantitative estimate of drug-likeness (QED) is 0.617. The maximum Gasteiger partial charge on any atom is 0.0995 e. The highest BCUT2D eigenvalue weighted by molar-refractivity contribution is 5.84. The second-order valence-corrected chi connectivity index (χ2v) is 6.11. The Morgan fingerprint density at radius 2 is 1.95 bits per heavy atom. The molecule has 1 saturated heterocycles. The average molecular weight is 273 g/mol. The van der Waals surface area contributed by atoms with Gasteiger partial charge in [-0.15, -0.1) is 0 Å². The summed E-state index contributed by atoms with van der Waals surface area (Å²) in [7, 11) is 0. The number of likely N-dealkylation sites (tertiary alicyclic amines) is 1. The molecule has 1 aromatic carbocycles. The monoisotopic (exact) mass is 273 g/mol. The van der Waals surface area contributed by atoms with E-state index in [-0.39, 0.29) is 11.8 Å². The Morgan fingerprint density at radius 1 is 1.30 bits per heavy atom. The van der Waals surface area contributed by atoms with Crippen molar-refractivity contribution in [3.05, 3.63) is 35.9 Å². The molecule has 1 atom stereocenters. The molecule has 0 aromatic heterocycles. The highest BCUT2D eigenvalue weighted by atomic mass is 15.2. The zero-order valence-corrected chi connectivity index (χ0v) is 12.7. The molecule has 0 saturated carbocycles. The van der Waals surface area contributed by atoms with Crippen molar-refractivity contribution in [2.75, 3.05) is 19.6 Å². The summed E-state index contributed by atoms with van der Waals surface area (Å²) < 4.78 is 0. The number of hydrogen-bond acceptors (Lipinski definition) is 2. The molecule has 0 amide bonds. The van der Waals surface area contributed by atoms with Crippen LogP contribution in [0.2, 0.25) is 0 Å². The first-order valence-corrected chi connectivity index (χ1v) is 7.71. The molecule has 110 valence electrons. The summed E-state index contributed by atoms with van der Waals surface area (Å²) >= 11 is 0. The van der Waals surface area contributed by atoms with Gasteiger partial charge in [0.2, 0.25) is 0 Å². The van der Waals surface area contributed by atoms with Crippen LogP contribution in [0.25, 0.3) is 0 Å². The van der Waals surface area contributed by atoms with E-state index in [4.69, 9.17) is 11.1 Å². The van der Waals surface area contributed by atoms with E-state index in [1.54, 1.807) is 0 Å². The molecule has 3 N–H and O–H groups in total. The van der Waals surface area contributed by atoms with Crippen molar-refractivity contribution in [2.24, 2.45) is 11.1 Å². The van der Waals surface area contributed by atoms with Crippen LogP contribution in [0.1, 0.15) is 44.6 Å². The van der Waals surface area contributed by atoms with E-state index in [0.717, 1.165) is 25.2 Å². The molecular formula is C17H27N3. The van der Waals surface area contributed by atoms with Gasteiger partial charge in [-0.2, -0.15) is 0 Å². The second kappa shape index (κ2) is 6.40. The predicted molar refractivity (Wildman–Crippen MR) is 85.2 cm³/mol. The van der Waals surface area contributed by atoms with Gasteiger partial charge in [-0.3, -0.25) is 5.41 Å². The maximum absolute atomic E-state index is 7.89. The molecule has 1 aromatic rings. The molecule has 1 aliphatic heterocycles. The Labute approximate surface area is 122 Å². The number of amidine groups is 1. The summed E-state index contributed by atoms with van der Waals surface area (Å²) in [5, 5.41) is 7.89. The third-order valence-corrected chi connectivity index (χ3v) is 5.04. The number of hydrogen-bond donors (Lipinski definition) is 2. The lowest BCUT2D eigenvalue weighted by Gasteiger charge is -2.28. The van der Waals surface area contributed by atoms with Crippen LogP contribution in [0.4, 0.5) is 0 Å². The largest absolute Gasteiger partial charge is 0.387 e. The Balaban J connectivity index is 2.06. The highest BCUT2D eigenvalue weighted by Gasteiger charge is 2.35. The number of nitrogens with two attached hydrogens (primary N) is 1. The fourth-order valence-corrected chi connectivity index (χ4v) is 3.34. The summed E-state index contributed by atoms with van der Waals surface area (Å²) in [6.07, 6.45) is 3.77. The van der Waals surface area contributed by atoms with Crippen LogP contribution in [0.3, 0.4) is 0 Å². The van der Waals surface area contributed by atoms with Gasteiger partial charge in [0.25, 0.3) is 0 Å². The Kier molecular flexibility index (Phi) is 4.81. The topological polar surface area (TPSA) is 53.1 Å². The molecule has 1 aliphatic rings. The molecule has 0 radical (unpaired) electrons. The van der Waals surface area contributed by atoms with E-state index < -0.39 is 0 Å². The van der Waals surface area contributed by atoms with E-state index >= 15 is 0 Å². The first-order valence-electron chi connectivity index (χ1n) is 7.71. The number of rotatable bonds is 6. The smallest absolute Gasteiger partial charge is 0.0995 e. The van der Waals surface area contributed by atoms with Crippen LogP contribution in [-0.4, -0.2) is 30.4 Å². The second-order valence-electron chi connectivity index (χ2n) is 6.11. The lowest BCUT2D eigenvalue weighted by molar-refractivity contribution is 0.239. The van der Waals surface area contributed by atoms with E-state index in [9.17, 15) is 0 Å². The molecule has 0 bridgehead atoms. The first kappa shape index (κ1) is 15.0. The molecule has 3 heteroatoms. The molecule has 20 heavy (non-hydrogen) atoms. The lowest BCUT2D eigenvalue weighted by Crippen LogP contribution is -2.34. The molecule has 0 spiro atoms. The van der Waals surface area contributed by atoms with Crippen molar-refractivity contribution in [3.63, 3.8) is 0 Å². The van der Waals surface area contributed by atoms with Crippen molar-refractivity contribution in [1.82, 2.24) is 4.90 Å². The fourth-order valence-electron chi connectivity index (χ4n) is 3.34. The minimum atomic E-state index is 0.0284. The molecular weight excluding hydrogens is 246 g/mol. The van der Waals surface area contributed by atoms with Gasteiger partial charge in [0.05, 0.1) is 11.8 Å². The normalized spacial score (nSPS) is 19.9. The highest BCUT2D eigenvalue weighted by Crippen LogP contribution is 2.37. The van der Waals surface area contributed by atoms with Crippen LogP contribution < -0.4 is 5.73 Å². The maximum atomic E-state index is 7.89. The van der Waals surface area contributed by atoms with Crippen LogP contribution in [0, 0.1) is 10.8 Å². The third-order valence-electron chi connectivity index (χ3n) is 5.04. The molecule has 2 rings (SSSR count). The molecule has 3 nitrogen and oxygen atoms in total. The number of benzene rings is 1. The van der Waals surface area contributed by atoms with Gasteiger partial charge in [-0.25, -0.2) is 0 Å². The van der Waals surface area contributed by atoms with Gasteiger partial charge in [0.1, 0.15) is 0 Å². The summed E-state index contributed by atoms with van der Waals surface area (Å²) in [5.74, 6) is 0.308. The molecule has 1 heterocycles. The third kappa shape index (κ3) is 3.21. The Bertz CT molecular complexity index is 437. The summed E-state index contributed by atoms with van der Waals surface area (Å²) in [6, 6.07) is 10.2. The number of nitrogens with one attached hydrogen (secondary N) is 1.